The van der Waals surface area contributed by atoms with Crippen molar-refractivity contribution in [1.29, 1.82) is 0 Å². The van der Waals surface area contributed by atoms with Gasteiger partial charge in [0.15, 0.2) is 5.13 Å². The van der Waals surface area contributed by atoms with Gasteiger partial charge in [0.2, 0.25) is 11.8 Å². The van der Waals surface area contributed by atoms with Crippen molar-refractivity contribution >= 4 is 28.3 Å². The minimum absolute atomic E-state index is 0.207. The normalized spacial score (nSPS) is 12.1. The van der Waals surface area contributed by atoms with Crippen molar-refractivity contribution in [2.75, 3.05) is 19.4 Å². The minimum atomic E-state index is -0.753. The van der Waals surface area contributed by atoms with Crippen molar-refractivity contribution in [2.45, 2.75) is 38.8 Å². The van der Waals surface area contributed by atoms with Crippen molar-refractivity contribution < 1.29 is 18.4 Å². The fourth-order valence-corrected chi connectivity index (χ4v) is 3.58. The van der Waals surface area contributed by atoms with E-state index in [2.05, 4.69) is 15.6 Å². The molecule has 28 heavy (non-hydrogen) atoms. The fourth-order valence-electron chi connectivity index (χ4n) is 2.64. The van der Waals surface area contributed by atoms with Crippen molar-refractivity contribution in [2.24, 2.45) is 0 Å². The van der Waals surface area contributed by atoms with Crippen LogP contribution in [0.4, 0.5) is 13.9 Å². The molecule has 0 saturated heterocycles. The van der Waals surface area contributed by atoms with E-state index in [9.17, 15) is 18.4 Å². The van der Waals surface area contributed by atoms with E-state index in [-0.39, 0.29) is 17.9 Å². The van der Waals surface area contributed by atoms with Crippen LogP contribution in [0.25, 0.3) is 0 Å². The summed E-state index contributed by atoms with van der Waals surface area (Å²) >= 11 is 1.37. The number of benzene rings is 1. The van der Waals surface area contributed by atoms with Crippen molar-refractivity contribution in [3.63, 3.8) is 0 Å². The van der Waals surface area contributed by atoms with Gasteiger partial charge in [-0.15, -0.1) is 11.3 Å². The molecule has 152 valence electrons. The van der Waals surface area contributed by atoms with Gasteiger partial charge in [0.25, 0.3) is 0 Å². The molecule has 0 aliphatic carbocycles. The van der Waals surface area contributed by atoms with Crippen LogP contribution in [0.5, 0.6) is 0 Å². The largest absolute Gasteiger partial charge is 0.344 e. The number of hydrogen-bond acceptors (Lipinski definition) is 5. The second-order valence-corrected chi connectivity index (χ2v) is 7.84. The summed E-state index contributed by atoms with van der Waals surface area (Å²) in [6.45, 7) is 2.61. The van der Waals surface area contributed by atoms with Gasteiger partial charge in [-0.3, -0.25) is 9.59 Å². The molecule has 2 N–H and O–H groups in total. The molecule has 2 rings (SSSR count). The summed E-state index contributed by atoms with van der Waals surface area (Å²) in [5, 5.41) is 5.82. The molecule has 0 bridgehead atoms. The van der Waals surface area contributed by atoms with Gasteiger partial charge in [-0.2, -0.15) is 0 Å². The molecule has 0 spiro atoms. The highest BCUT2D eigenvalue weighted by Gasteiger charge is 2.21. The second kappa shape index (κ2) is 10.2. The summed E-state index contributed by atoms with van der Waals surface area (Å²) < 4.78 is 26.5. The number of halogens is 2. The van der Waals surface area contributed by atoms with E-state index in [0.717, 1.165) is 23.1 Å². The van der Waals surface area contributed by atoms with E-state index >= 15 is 0 Å². The van der Waals surface area contributed by atoms with Gasteiger partial charge in [-0.25, -0.2) is 13.8 Å². The lowest BCUT2D eigenvalue weighted by Crippen LogP contribution is -2.44. The standard InChI is InChI=1S/C19H24F2N4O2S/c1-4-5-16(18(27)24-19-22-10-15(28-19)11-25(2)3)23-17(26)8-12-6-13(20)9-14(21)7-12/h6-7,9-10,16H,4-5,8,11H2,1-3H3,(H,23,26)(H,22,24,27). The maximum atomic E-state index is 13.3. The van der Waals surface area contributed by atoms with Crippen LogP contribution < -0.4 is 10.6 Å². The van der Waals surface area contributed by atoms with Crippen LogP contribution in [0, 0.1) is 11.6 Å². The molecular formula is C19H24F2N4O2S. The van der Waals surface area contributed by atoms with Gasteiger partial charge in [0.1, 0.15) is 17.7 Å². The molecule has 0 fully saturated rings. The number of carbonyl (C=O) groups is 2. The monoisotopic (exact) mass is 410 g/mol. The van der Waals surface area contributed by atoms with E-state index in [0.29, 0.717) is 24.5 Å². The van der Waals surface area contributed by atoms with Crippen LogP contribution in [0.3, 0.4) is 0 Å². The Labute approximate surface area is 167 Å². The van der Waals surface area contributed by atoms with Crippen LogP contribution in [0.1, 0.15) is 30.2 Å². The highest BCUT2D eigenvalue weighted by atomic mass is 32.1. The summed E-state index contributed by atoms with van der Waals surface area (Å²) in [6.07, 6.45) is 2.60. The van der Waals surface area contributed by atoms with Crippen LogP contribution in [-0.2, 0) is 22.6 Å². The first-order valence-corrected chi connectivity index (χ1v) is 9.73. The Bertz CT molecular complexity index is 806. The number of nitrogens with zero attached hydrogens (tertiary/aromatic N) is 2. The number of amides is 2. The molecule has 1 atom stereocenters. The first-order valence-electron chi connectivity index (χ1n) is 8.91. The van der Waals surface area contributed by atoms with Gasteiger partial charge in [-0.05, 0) is 38.2 Å². The molecule has 1 unspecified atom stereocenters. The lowest BCUT2D eigenvalue weighted by atomic mass is 10.1. The van der Waals surface area contributed by atoms with E-state index in [1.54, 1.807) is 6.20 Å². The number of anilines is 1. The quantitative estimate of drug-likeness (QED) is 0.667. The Morgan fingerprint density at radius 3 is 2.50 bits per heavy atom. The Kier molecular flexibility index (Phi) is 8.01. The molecular weight excluding hydrogens is 386 g/mol. The summed E-state index contributed by atoms with van der Waals surface area (Å²) in [4.78, 5) is 32.0. The number of thiazole rings is 1. The molecule has 0 aliphatic heterocycles. The average molecular weight is 410 g/mol. The summed E-state index contributed by atoms with van der Waals surface area (Å²) in [6, 6.07) is 2.18. The van der Waals surface area contributed by atoms with E-state index in [1.807, 2.05) is 25.9 Å². The zero-order valence-electron chi connectivity index (χ0n) is 16.1. The highest BCUT2D eigenvalue weighted by molar-refractivity contribution is 7.15. The second-order valence-electron chi connectivity index (χ2n) is 6.72. The molecule has 6 nitrogen and oxygen atoms in total. The van der Waals surface area contributed by atoms with E-state index in [4.69, 9.17) is 0 Å². The predicted octanol–water partition coefficient (Wildman–Crippen LogP) is 2.95. The smallest absolute Gasteiger partial charge is 0.248 e. The molecule has 9 heteroatoms. The number of nitrogens with one attached hydrogen (secondary N) is 2. The third-order valence-corrected chi connectivity index (χ3v) is 4.67. The highest BCUT2D eigenvalue weighted by Crippen LogP contribution is 2.19. The van der Waals surface area contributed by atoms with Crippen LogP contribution >= 0.6 is 11.3 Å². The maximum absolute atomic E-state index is 13.3. The first kappa shape index (κ1) is 21.9. The Morgan fingerprint density at radius 1 is 1.21 bits per heavy atom. The maximum Gasteiger partial charge on any atom is 0.248 e. The lowest BCUT2D eigenvalue weighted by molar-refractivity contribution is -0.126. The minimum Gasteiger partial charge on any atom is -0.344 e. The van der Waals surface area contributed by atoms with Crippen LogP contribution in [0.15, 0.2) is 24.4 Å². The SMILES string of the molecule is CCCC(NC(=O)Cc1cc(F)cc(F)c1)C(=O)Nc1ncc(CN(C)C)s1. The molecule has 1 aromatic heterocycles. The lowest BCUT2D eigenvalue weighted by Gasteiger charge is -2.17. The third kappa shape index (κ3) is 6.97. The molecule has 1 heterocycles. The Hall–Kier alpha value is -2.39. The molecule has 0 radical (unpaired) electrons. The number of rotatable bonds is 9. The third-order valence-electron chi connectivity index (χ3n) is 3.77. The van der Waals surface area contributed by atoms with Crippen molar-refractivity contribution in [3.8, 4) is 0 Å². The van der Waals surface area contributed by atoms with E-state index < -0.39 is 23.6 Å². The summed E-state index contributed by atoms with van der Waals surface area (Å²) in [7, 11) is 3.88. The van der Waals surface area contributed by atoms with Gasteiger partial charge in [0.05, 0.1) is 6.42 Å². The fraction of sp³-hybridized carbons (Fsp3) is 0.421. The topological polar surface area (TPSA) is 74.3 Å². The molecule has 0 saturated carbocycles. The number of carbonyl (C=O) groups excluding carboxylic acids is 2. The van der Waals surface area contributed by atoms with Crippen molar-refractivity contribution in [1.82, 2.24) is 15.2 Å². The van der Waals surface area contributed by atoms with E-state index in [1.165, 1.54) is 11.3 Å². The zero-order valence-corrected chi connectivity index (χ0v) is 16.9. The number of aromatic nitrogens is 1. The van der Waals surface area contributed by atoms with Gasteiger partial charge in [0, 0.05) is 23.7 Å². The zero-order chi connectivity index (χ0) is 20.7. The molecule has 2 aromatic rings. The average Bonchev–Trinajstić information content (AvgIpc) is 2.99. The predicted molar refractivity (Wildman–Crippen MR) is 105 cm³/mol. The molecule has 2 amide bonds. The van der Waals surface area contributed by atoms with Crippen LogP contribution in [-0.4, -0.2) is 41.8 Å². The summed E-state index contributed by atoms with van der Waals surface area (Å²) in [5.41, 5.74) is 0.207. The number of hydrogen-bond donors (Lipinski definition) is 2. The van der Waals surface area contributed by atoms with Crippen LogP contribution in [0.2, 0.25) is 0 Å². The first-order chi connectivity index (χ1) is 13.3. The van der Waals surface area contributed by atoms with Gasteiger partial charge < -0.3 is 15.5 Å². The summed E-state index contributed by atoms with van der Waals surface area (Å²) in [5.74, 6) is -2.34. The molecule has 1 aromatic carbocycles. The van der Waals surface area contributed by atoms with Crippen molar-refractivity contribution in [3.05, 3.63) is 46.5 Å². The van der Waals surface area contributed by atoms with Gasteiger partial charge in [-0.1, -0.05) is 13.3 Å². The van der Waals surface area contributed by atoms with Gasteiger partial charge >= 0.3 is 0 Å². The Morgan fingerprint density at radius 2 is 1.89 bits per heavy atom. The Balaban J connectivity index is 1.98. The molecule has 0 aliphatic rings.